The molecule has 23 heavy (non-hydrogen) atoms. The van der Waals surface area contributed by atoms with Crippen molar-refractivity contribution < 1.29 is 17.9 Å². The number of rotatable bonds is 5. The highest BCUT2D eigenvalue weighted by molar-refractivity contribution is 9.10. The Morgan fingerprint density at radius 2 is 1.52 bits per heavy atom. The van der Waals surface area contributed by atoms with E-state index in [0.717, 1.165) is 4.47 Å². The smallest absolute Gasteiger partial charge is 0.333 e. The van der Waals surface area contributed by atoms with Gasteiger partial charge < -0.3 is 4.74 Å². The van der Waals surface area contributed by atoms with Crippen molar-refractivity contribution in [1.29, 1.82) is 0 Å². The fourth-order valence-electron chi connectivity index (χ4n) is 1.79. The molecular formula is C17H15BrO4S. The lowest BCUT2D eigenvalue weighted by Gasteiger charge is -2.07. The molecule has 0 saturated heterocycles. The van der Waals surface area contributed by atoms with Crippen molar-refractivity contribution in [1.82, 2.24) is 0 Å². The van der Waals surface area contributed by atoms with Crippen LogP contribution in [0.15, 0.2) is 74.9 Å². The maximum absolute atomic E-state index is 12.5. The van der Waals surface area contributed by atoms with Crippen molar-refractivity contribution in [2.45, 2.75) is 23.3 Å². The van der Waals surface area contributed by atoms with E-state index in [2.05, 4.69) is 22.5 Å². The first-order valence-corrected chi connectivity index (χ1v) is 9.00. The van der Waals surface area contributed by atoms with Crippen molar-refractivity contribution in [2.24, 2.45) is 0 Å². The summed E-state index contributed by atoms with van der Waals surface area (Å²) in [5, 5.41) is 0. The molecule has 0 saturated carbocycles. The Kier molecular flexibility index (Phi) is 5.38. The first-order chi connectivity index (χ1) is 10.8. The monoisotopic (exact) mass is 394 g/mol. The summed E-state index contributed by atoms with van der Waals surface area (Å²) in [6, 6.07) is 12.7. The van der Waals surface area contributed by atoms with Gasteiger partial charge in [-0.3, -0.25) is 0 Å². The molecule has 0 aromatic heterocycles. The molecule has 120 valence electrons. The molecule has 0 spiro atoms. The summed E-state index contributed by atoms with van der Waals surface area (Å²) in [5.74, 6) is -0.475. The minimum Gasteiger partial charge on any atom is -0.457 e. The molecule has 2 aromatic carbocycles. The van der Waals surface area contributed by atoms with Gasteiger partial charge in [-0.15, -0.1) is 0 Å². The van der Waals surface area contributed by atoms with E-state index in [1.165, 1.54) is 12.1 Å². The number of carbonyl (C=O) groups is 1. The van der Waals surface area contributed by atoms with E-state index in [1.807, 2.05) is 0 Å². The van der Waals surface area contributed by atoms with Crippen molar-refractivity contribution in [3.05, 3.63) is 70.7 Å². The largest absolute Gasteiger partial charge is 0.457 e. The summed E-state index contributed by atoms with van der Waals surface area (Å²) in [7, 11) is -3.56. The summed E-state index contributed by atoms with van der Waals surface area (Å²) >= 11 is 3.27. The third-order valence-electron chi connectivity index (χ3n) is 3.08. The summed E-state index contributed by atoms with van der Waals surface area (Å²) in [6.07, 6.45) is 0. The van der Waals surface area contributed by atoms with Gasteiger partial charge in [0.05, 0.1) is 9.79 Å². The molecule has 6 heteroatoms. The van der Waals surface area contributed by atoms with Crippen LogP contribution in [0.25, 0.3) is 0 Å². The minimum atomic E-state index is -3.56. The van der Waals surface area contributed by atoms with Gasteiger partial charge in [-0.2, -0.15) is 0 Å². The predicted octanol–water partition coefficient (Wildman–Crippen LogP) is 3.90. The number of halogens is 1. The maximum atomic E-state index is 12.5. The van der Waals surface area contributed by atoms with Gasteiger partial charge in [0.2, 0.25) is 9.84 Å². The average molecular weight is 395 g/mol. The van der Waals surface area contributed by atoms with Gasteiger partial charge in [0.15, 0.2) is 0 Å². The Morgan fingerprint density at radius 1 is 1.04 bits per heavy atom. The van der Waals surface area contributed by atoms with Crippen LogP contribution in [0.4, 0.5) is 0 Å². The predicted molar refractivity (Wildman–Crippen MR) is 90.6 cm³/mol. The van der Waals surface area contributed by atoms with E-state index in [4.69, 9.17) is 4.74 Å². The van der Waals surface area contributed by atoms with Gasteiger partial charge in [-0.05, 0) is 48.9 Å². The second kappa shape index (κ2) is 7.10. The summed E-state index contributed by atoms with van der Waals surface area (Å²) in [4.78, 5) is 11.7. The van der Waals surface area contributed by atoms with Crippen LogP contribution < -0.4 is 0 Å². The van der Waals surface area contributed by atoms with Crippen LogP contribution in [0.3, 0.4) is 0 Å². The van der Waals surface area contributed by atoms with Crippen molar-refractivity contribution in [2.75, 3.05) is 0 Å². The molecule has 2 rings (SSSR count). The van der Waals surface area contributed by atoms with E-state index < -0.39 is 15.8 Å². The number of sulfone groups is 1. The molecule has 2 aromatic rings. The maximum Gasteiger partial charge on any atom is 0.333 e. The zero-order valence-electron chi connectivity index (χ0n) is 12.5. The lowest BCUT2D eigenvalue weighted by molar-refractivity contribution is -0.140. The van der Waals surface area contributed by atoms with Crippen molar-refractivity contribution in [3.63, 3.8) is 0 Å². The SMILES string of the molecule is C=C(C)C(=O)OCc1ccc(S(=O)(=O)c2ccc(Br)cc2)cc1. The van der Waals surface area contributed by atoms with E-state index in [-0.39, 0.29) is 16.4 Å². The molecule has 0 fully saturated rings. The Labute approximate surface area is 143 Å². The Hall–Kier alpha value is -1.92. The highest BCUT2D eigenvalue weighted by Gasteiger charge is 2.17. The molecule has 0 unspecified atom stereocenters. The van der Waals surface area contributed by atoms with E-state index >= 15 is 0 Å². The van der Waals surface area contributed by atoms with Gasteiger partial charge in [0.1, 0.15) is 6.61 Å². The van der Waals surface area contributed by atoms with E-state index in [1.54, 1.807) is 43.3 Å². The highest BCUT2D eigenvalue weighted by Crippen LogP contribution is 2.23. The lowest BCUT2D eigenvalue weighted by Crippen LogP contribution is -2.05. The Balaban J connectivity index is 2.17. The molecule has 0 heterocycles. The number of hydrogen-bond donors (Lipinski definition) is 0. The van der Waals surface area contributed by atoms with Gasteiger partial charge in [0.25, 0.3) is 0 Å². The summed E-state index contributed by atoms with van der Waals surface area (Å²) in [6.45, 7) is 5.14. The second-order valence-corrected chi connectivity index (χ2v) is 7.82. The average Bonchev–Trinajstić information content (AvgIpc) is 2.53. The third-order valence-corrected chi connectivity index (χ3v) is 5.39. The molecular weight excluding hydrogens is 380 g/mol. The van der Waals surface area contributed by atoms with Crippen LogP contribution in [-0.4, -0.2) is 14.4 Å². The summed E-state index contributed by atoms with van der Waals surface area (Å²) < 4.78 is 30.8. The molecule has 0 bridgehead atoms. The van der Waals surface area contributed by atoms with E-state index in [0.29, 0.717) is 11.1 Å². The fourth-order valence-corrected chi connectivity index (χ4v) is 3.31. The molecule has 0 aliphatic rings. The number of ether oxygens (including phenoxy) is 1. The second-order valence-electron chi connectivity index (χ2n) is 4.96. The molecule has 0 N–H and O–H groups in total. The first kappa shape index (κ1) is 17.4. The first-order valence-electron chi connectivity index (χ1n) is 6.73. The zero-order valence-corrected chi connectivity index (χ0v) is 14.9. The quantitative estimate of drug-likeness (QED) is 0.569. The minimum absolute atomic E-state index is 0.0737. The molecule has 0 aliphatic heterocycles. The Bertz CT molecular complexity index is 822. The lowest BCUT2D eigenvalue weighted by atomic mass is 10.2. The van der Waals surface area contributed by atoms with Crippen LogP contribution in [0.5, 0.6) is 0 Å². The van der Waals surface area contributed by atoms with E-state index in [9.17, 15) is 13.2 Å². The standard InChI is InChI=1S/C17H15BrO4S/c1-12(2)17(19)22-11-13-3-7-15(8-4-13)23(20,21)16-9-5-14(18)6-10-16/h3-10H,1,11H2,2H3. The van der Waals surface area contributed by atoms with Crippen LogP contribution in [-0.2, 0) is 26.0 Å². The van der Waals surface area contributed by atoms with Crippen LogP contribution in [0.2, 0.25) is 0 Å². The molecule has 0 radical (unpaired) electrons. The normalized spacial score (nSPS) is 11.0. The molecule has 4 nitrogen and oxygen atoms in total. The van der Waals surface area contributed by atoms with Gasteiger partial charge in [-0.1, -0.05) is 34.6 Å². The van der Waals surface area contributed by atoms with Gasteiger partial charge >= 0.3 is 5.97 Å². The topological polar surface area (TPSA) is 60.4 Å². The van der Waals surface area contributed by atoms with Gasteiger partial charge in [-0.25, -0.2) is 13.2 Å². The number of esters is 1. The molecule has 0 atom stereocenters. The van der Waals surface area contributed by atoms with Crippen molar-refractivity contribution >= 4 is 31.7 Å². The van der Waals surface area contributed by atoms with Gasteiger partial charge in [0, 0.05) is 10.0 Å². The van der Waals surface area contributed by atoms with Crippen LogP contribution in [0.1, 0.15) is 12.5 Å². The molecule has 0 amide bonds. The molecule has 0 aliphatic carbocycles. The van der Waals surface area contributed by atoms with Crippen molar-refractivity contribution in [3.8, 4) is 0 Å². The number of benzene rings is 2. The third kappa shape index (κ3) is 4.30. The number of hydrogen-bond acceptors (Lipinski definition) is 4. The zero-order chi connectivity index (χ0) is 17.0. The van der Waals surface area contributed by atoms with Crippen LogP contribution >= 0.6 is 15.9 Å². The number of carbonyl (C=O) groups excluding carboxylic acids is 1. The van der Waals surface area contributed by atoms with Crippen LogP contribution in [0, 0.1) is 0 Å². The Morgan fingerprint density at radius 3 is 2.00 bits per heavy atom. The fraction of sp³-hybridized carbons (Fsp3) is 0.118. The highest BCUT2D eigenvalue weighted by atomic mass is 79.9. The summed E-state index contributed by atoms with van der Waals surface area (Å²) in [5.41, 5.74) is 1.02.